The molecule has 1 saturated heterocycles. The molecular weight excluding hydrogens is 342 g/mol. The van der Waals surface area contributed by atoms with Crippen LogP contribution in [0.5, 0.6) is 0 Å². The zero-order chi connectivity index (χ0) is 19.4. The topological polar surface area (TPSA) is 100 Å². The van der Waals surface area contributed by atoms with E-state index in [1.807, 2.05) is 31.3 Å². The summed E-state index contributed by atoms with van der Waals surface area (Å²) in [7, 11) is 1.86. The second kappa shape index (κ2) is 8.07. The second-order valence-electron chi connectivity index (χ2n) is 6.76. The number of amides is 2. The fourth-order valence-corrected chi connectivity index (χ4v) is 3.36. The molecular formula is C20H25N5O2. The van der Waals surface area contributed by atoms with Gasteiger partial charge in [-0.15, -0.1) is 0 Å². The molecule has 1 fully saturated rings. The molecule has 0 saturated carbocycles. The van der Waals surface area contributed by atoms with Crippen molar-refractivity contribution in [1.82, 2.24) is 9.88 Å². The van der Waals surface area contributed by atoms with E-state index < -0.39 is 11.8 Å². The van der Waals surface area contributed by atoms with Crippen LogP contribution in [0.25, 0.3) is 0 Å². The maximum atomic E-state index is 12.8. The molecule has 0 radical (unpaired) electrons. The molecule has 1 aliphatic heterocycles. The van der Waals surface area contributed by atoms with E-state index in [0.717, 1.165) is 36.1 Å². The predicted molar refractivity (Wildman–Crippen MR) is 106 cm³/mol. The van der Waals surface area contributed by atoms with Crippen LogP contribution in [0.1, 0.15) is 36.4 Å². The monoisotopic (exact) mass is 367 g/mol. The number of nitrogen functional groups attached to an aromatic ring is 1. The van der Waals surface area contributed by atoms with Crippen LogP contribution in [0, 0.1) is 6.92 Å². The van der Waals surface area contributed by atoms with Gasteiger partial charge in [0.2, 0.25) is 0 Å². The quantitative estimate of drug-likeness (QED) is 0.724. The van der Waals surface area contributed by atoms with Crippen molar-refractivity contribution >= 4 is 29.0 Å². The van der Waals surface area contributed by atoms with Gasteiger partial charge in [0.1, 0.15) is 5.82 Å². The summed E-state index contributed by atoms with van der Waals surface area (Å²) in [5.41, 5.74) is 8.96. The van der Waals surface area contributed by atoms with Gasteiger partial charge in [-0.2, -0.15) is 0 Å². The lowest BCUT2D eigenvalue weighted by Crippen LogP contribution is -2.44. The molecule has 1 atom stereocenters. The summed E-state index contributed by atoms with van der Waals surface area (Å²) >= 11 is 0. The van der Waals surface area contributed by atoms with Crippen LogP contribution in [0.3, 0.4) is 0 Å². The number of aromatic nitrogens is 1. The molecule has 1 aliphatic rings. The van der Waals surface area contributed by atoms with Crippen molar-refractivity contribution in [2.24, 2.45) is 0 Å². The lowest BCUT2D eigenvalue weighted by atomic mass is 9.95. The molecule has 27 heavy (non-hydrogen) atoms. The van der Waals surface area contributed by atoms with E-state index >= 15 is 0 Å². The number of pyridine rings is 1. The first-order chi connectivity index (χ1) is 13.0. The summed E-state index contributed by atoms with van der Waals surface area (Å²) in [4.78, 5) is 31.0. The van der Waals surface area contributed by atoms with Crippen LogP contribution in [-0.2, 0) is 9.59 Å². The standard InChI is InChI=1S/C20H25N5O2/c1-13-11-16(12-23-18(13)21)24-19(26)20(27)25-10-4-3-5-17(25)14-6-8-15(22-2)9-7-14/h6-9,11-12,17,22H,3-5,10H2,1-2H3,(H2,21,23)(H,24,26)/t17-/m0/s1. The molecule has 1 aromatic heterocycles. The van der Waals surface area contributed by atoms with Crippen LogP contribution in [0.4, 0.5) is 17.2 Å². The number of nitrogens with zero attached hydrogens (tertiary/aromatic N) is 2. The minimum absolute atomic E-state index is 0.0887. The smallest absolute Gasteiger partial charge is 0.313 e. The summed E-state index contributed by atoms with van der Waals surface area (Å²) in [6, 6.07) is 9.59. The molecule has 2 aromatic rings. The average molecular weight is 367 g/mol. The number of nitrogens with one attached hydrogen (secondary N) is 2. The maximum Gasteiger partial charge on any atom is 0.313 e. The Morgan fingerprint density at radius 1 is 1.19 bits per heavy atom. The Morgan fingerprint density at radius 3 is 2.59 bits per heavy atom. The molecule has 3 rings (SSSR count). The minimum Gasteiger partial charge on any atom is -0.388 e. The summed E-state index contributed by atoms with van der Waals surface area (Å²) in [6.45, 7) is 2.37. The number of likely N-dealkylation sites (tertiary alicyclic amines) is 1. The molecule has 7 nitrogen and oxygen atoms in total. The number of rotatable bonds is 3. The summed E-state index contributed by atoms with van der Waals surface area (Å²) in [5.74, 6) is -0.771. The van der Waals surface area contributed by atoms with Gasteiger partial charge in [0, 0.05) is 19.3 Å². The third kappa shape index (κ3) is 4.19. The maximum absolute atomic E-state index is 12.8. The Bertz CT molecular complexity index is 835. The SMILES string of the molecule is CNc1ccc([C@@H]2CCCCN2C(=O)C(=O)Nc2cnc(N)c(C)c2)cc1. The molecule has 0 spiro atoms. The van der Waals surface area contributed by atoms with Gasteiger partial charge in [0.05, 0.1) is 17.9 Å². The van der Waals surface area contributed by atoms with Gasteiger partial charge >= 0.3 is 11.8 Å². The van der Waals surface area contributed by atoms with Crippen LogP contribution in [0.15, 0.2) is 36.5 Å². The number of anilines is 3. The Kier molecular flexibility index (Phi) is 5.59. The molecule has 0 bridgehead atoms. The number of piperidine rings is 1. The average Bonchev–Trinajstić information content (AvgIpc) is 2.70. The summed E-state index contributed by atoms with van der Waals surface area (Å²) < 4.78 is 0. The first-order valence-corrected chi connectivity index (χ1v) is 9.11. The number of hydrogen-bond acceptors (Lipinski definition) is 5. The number of nitrogens with two attached hydrogens (primary N) is 1. The van der Waals surface area contributed by atoms with Crippen molar-refractivity contribution in [1.29, 1.82) is 0 Å². The van der Waals surface area contributed by atoms with E-state index in [4.69, 9.17) is 5.73 Å². The number of carbonyl (C=O) groups is 2. The fourth-order valence-electron chi connectivity index (χ4n) is 3.36. The largest absolute Gasteiger partial charge is 0.388 e. The highest BCUT2D eigenvalue weighted by atomic mass is 16.2. The zero-order valence-corrected chi connectivity index (χ0v) is 15.7. The van der Waals surface area contributed by atoms with Crippen molar-refractivity contribution < 1.29 is 9.59 Å². The number of hydrogen-bond donors (Lipinski definition) is 3. The number of carbonyl (C=O) groups excluding carboxylic acids is 2. The molecule has 0 unspecified atom stereocenters. The molecule has 4 N–H and O–H groups in total. The van der Waals surface area contributed by atoms with E-state index in [1.165, 1.54) is 6.20 Å². The third-order valence-electron chi connectivity index (χ3n) is 4.92. The molecule has 142 valence electrons. The first-order valence-electron chi connectivity index (χ1n) is 9.11. The van der Waals surface area contributed by atoms with E-state index in [1.54, 1.807) is 17.9 Å². The van der Waals surface area contributed by atoms with Gasteiger partial charge in [-0.1, -0.05) is 12.1 Å². The van der Waals surface area contributed by atoms with E-state index in [2.05, 4.69) is 15.6 Å². The third-order valence-corrected chi connectivity index (χ3v) is 4.92. The Labute approximate surface area is 159 Å². The van der Waals surface area contributed by atoms with Crippen molar-refractivity contribution in [2.75, 3.05) is 30.0 Å². The van der Waals surface area contributed by atoms with Gasteiger partial charge < -0.3 is 21.3 Å². The molecule has 2 amide bonds. The minimum atomic E-state index is -0.653. The van der Waals surface area contributed by atoms with Crippen molar-refractivity contribution in [3.8, 4) is 0 Å². The molecule has 1 aromatic carbocycles. The molecule has 0 aliphatic carbocycles. The van der Waals surface area contributed by atoms with Gasteiger partial charge in [0.25, 0.3) is 0 Å². The van der Waals surface area contributed by atoms with Crippen molar-refractivity contribution in [3.05, 3.63) is 47.7 Å². The highest BCUT2D eigenvalue weighted by Crippen LogP contribution is 2.31. The number of aryl methyl sites for hydroxylation is 1. The zero-order valence-electron chi connectivity index (χ0n) is 15.7. The molecule has 2 heterocycles. The summed E-state index contributed by atoms with van der Waals surface area (Å²) in [6.07, 6.45) is 4.23. The van der Waals surface area contributed by atoms with Gasteiger partial charge in [0.15, 0.2) is 0 Å². The van der Waals surface area contributed by atoms with Crippen LogP contribution < -0.4 is 16.4 Å². The highest BCUT2D eigenvalue weighted by molar-refractivity contribution is 6.39. The summed E-state index contributed by atoms with van der Waals surface area (Å²) in [5, 5.41) is 5.72. The van der Waals surface area contributed by atoms with Gasteiger partial charge in [-0.3, -0.25) is 9.59 Å². The lowest BCUT2D eigenvalue weighted by Gasteiger charge is -2.35. The fraction of sp³-hybridized carbons (Fsp3) is 0.350. The van der Waals surface area contributed by atoms with E-state index in [0.29, 0.717) is 18.1 Å². The normalized spacial score (nSPS) is 16.7. The van der Waals surface area contributed by atoms with Crippen molar-refractivity contribution in [2.45, 2.75) is 32.2 Å². The van der Waals surface area contributed by atoms with E-state index in [9.17, 15) is 9.59 Å². The van der Waals surface area contributed by atoms with Crippen LogP contribution in [-0.4, -0.2) is 35.3 Å². The predicted octanol–water partition coefficient (Wildman–Crippen LogP) is 2.71. The lowest BCUT2D eigenvalue weighted by molar-refractivity contribution is -0.145. The van der Waals surface area contributed by atoms with Crippen molar-refractivity contribution in [3.63, 3.8) is 0 Å². The second-order valence-corrected chi connectivity index (χ2v) is 6.76. The van der Waals surface area contributed by atoms with E-state index in [-0.39, 0.29) is 6.04 Å². The van der Waals surface area contributed by atoms with Crippen LogP contribution >= 0.6 is 0 Å². The van der Waals surface area contributed by atoms with Crippen LogP contribution in [0.2, 0.25) is 0 Å². The highest BCUT2D eigenvalue weighted by Gasteiger charge is 2.31. The Morgan fingerprint density at radius 2 is 1.93 bits per heavy atom. The Balaban J connectivity index is 1.75. The van der Waals surface area contributed by atoms with Gasteiger partial charge in [-0.25, -0.2) is 4.98 Å². The van der Waals surface area contributed by atoms with Gasteiger partial charge in [-0.05, 0) is 55.5 Å². The number of benzene rings is 1. The Hall–Kier alpha value is -3.09. The molecule has 7 heteroatoms. The first kappa shape index (κ1) is 18.7.